The third-order valence-corrected chi connectivity index (χ3v) is 4.24. The van der Waals surface area contributed by atoms with E-state index in [1.807, 2.05) is 0 Å². The van der Waals surface area contributed by atoms with Gasteiger partial charge in [-0.05, 0) is 25.1 Å². The molecule has 0 atom stereocenters. The van der Waals surface area contributed by atoms with Crippen LogP contribution in [0.5, 0.6) is 0 Å². The first-order chi connectivity index (χ1) is 9.38. The number of nitrogens with zero attached hydrogens (tertiary/aromatic N) is 1. The molecule has 0 aromatic carbocycles. The molecule has 0 unspecified atom stereocenters. The molecule has 1 amide bonds. The van der Waals surface area contributed by atoms with E-state index in [9.17, 15) is 18.4 Å². The van der Waals surface area contributed by atoms with Crippen molar-refractivity contribution < 1.29 is 23.5 Å². The SMILES string of the molecule is Cc1nc(SC(F)F)sc1CC(=O)NCCCC(=O)O. The number of aromatic nitrogens is 1. The zero-order chi connectivity index (χ0) is 15.1. The molecule has 9 heteroatoms. The first-order valence-electron chi connectivity index (χ1n) is 5.78. The van der Waals surface area contributed by atoms with Gasteiger partial charge in [-0.1, -0.05) is 0 Å². The molecule has 1 heterocycles. The number of carbonyl (C=O) groups excluding carboxylic acids is 1. The van der Waals surface area contributed by atoms with Gasteiger partial charge in [0.25, 0.3) is 5.76 Å². The van der Waals surface area contributed by atoms with Crippen LogP contribution in [0, 0.1) is 6.92 Å². The van der Waals surface area contributed by atoms with Crippen LogP contribution >= 0.6 is 23.1 Å². The van der Waals surface area contributed by atoms with Crippen LogP contribution in [-0.2, 0) is 16.0 Å². The number of nitrogens with one attached hydrogen (secondary N) is 1. The van der Waals surface area contributed by atoms with Crippen molar-refractivity contribution >= 4 is 35.0 Å². The van der Waals surface area contributed by atoms with Crippen LogP contribution in [0.1, 0.15) is 23.4 Å². The first kappa shape index (κ1) is 16.8. The quantitative estimate of drug-likeness (QED) is 0.566. The number of hydrogen-bond donors (Lipinski definition) is 2. The minimum Gasteiger partial charge on any atom is -0.481 e. The van der Waals surface area contributed by atoms with E-state index >= 15 is 0 Å². The van der Waals surface area contributed by atoms with Crippen molar-refractivity contribution in [2.24, 2.45) is 0 Å². The average Bonchev–Trinajstić information content (AvgIpc) is 2.64. The fourth-order valence-electron chi connectivity index (χ4n) is 1.37. The molecule has 0 aliphatic heterocycles. The fraction of sp³-hybridized carbons (Fsp3) is 0.545. The Morgan fingerprint density at radius 3 is 2.80 bits per heavy atom. The molecular formula is C11H14F2N2O3S2. The summed E-state index contributed by atoms with van der Waals surface area (Å²) < 4.78 is 24.6. The van der Waals surface area contributed by atoms with Crippen LogP contribution in [0.25, 0.3) is 0 Å². The molecule has 1 aromatic rings. The minimum absolute atomic E-state index is 0.00492. The Labute approximate surface area is 122 Å². The van der Waals surface area contributed by atoms with E-state index in [0.29, 0.717) is 28.8 Å². The van der Waals surface area contributed by atoms with E-state index in [4.69, 9.17) is 5.11 Å². The Morgan fingerprint density at radius 2 is 2.20 bits per heavy atom. The van der Waals surface area contributed by atoms with Crippen LogP contribution in [0.2, 0.25) is 0 Å². The molecule has 0 spiro atoms. The smallest absolute Gasteiger partial charge is 0.303 e. The molecule has 0 bridgehead atoms. The normalized spacial score (nSPS) is 10.8. The van der Waals surface area contributed by atoms with Gasteiger partial charge >= 0.3 is 5.97 Å². The summed E-state index contributed by atoms with van der Waals surface area (Å²) >= 11 is 1.44. The highest BCUT2D eigenvalue weighted by Gasteiger charge is 2.15. The zero-order valence-corrected chi connectivity index (χ0v) is 12.3. The summed E-state index contributed by atoms with van der Waals surface area (Å²) in [6.45, 7) is 1.95. The number of alkyl halides is 2. The van der Waals surface area contributed by atoms with E-state index in [-0.39, 0.29) is 29.6 Å². The molecule has 5 nitrogen and oxygen atoms in total. The number of carboxylic acid groups (broad SMARTS) is 1. The van der Waals surface area contributed by atoms with Gasteiger partial charge in [-0.25, -0.2) is 4.98 Å². The van der Waals surface area contributed by atoms with Gasteiger partial charge < -0.3 is 10.4 Å². The second-order valence-electron chi connectivity index (χ2n) is 3.89. The number of aryl methyl sites for hydroxylation is 1. The summed E-state index contributed by atoms with van der Waals surface area (Å²) in [5, 5.41) is 11.0. The Bertz CT molecular complexity index is 480. The maximum atomic E-state index is 12.2. The number of amides is 1. The van der Waals surface area contributed by atoms with Crippen molar-refractivity contribution in [1.82, 2.24) is 10.3 Å². The number of aliphatic carboxylic acids is 1. The van der Waals surface area contributed by atoms with Crippen molar-refractivity contribution in [3.05, 3.63) is 10.6 Å². The molecule has 0 aliphatic rings. The highest BCUT2D eigenvalue weighted by molar-refractivity contribution is 8.01. The molecule has 112 valence electrons. The Hall–Kier alpha value is -1.22. The molecule has 0 saturated heterocycles. The van der Waals surface area contributed by atoms with Gasteiger partial charge in [0.05, 0.1) is 12.1 Å². The maximum absolute atomic E-state index is 12.2. The molecule has 1 rings (SSSR count). The largest absolute Gasteiger partial charge is 0.481 e. The lowest BCUT2D eigenvalue weighted by molar-refractivity contribution is -0.137. The van der Waals surface area contributed by atoms with Crippen LogP contribution in [0.3, 0.4) is 0 Å². The fourth-order valence-corrected chi connectivity index (χ4v) is 3.21. The number of hydrogen-bond acceptors (Lipinski definition) is 5. The van der Waals surface area contributed by atoms with Crippen molar-refractivity contribution in [3.63, 3.8) is 0 Å². The summed E-state index contributed by atoms with van der Waals surface area (Å²) in [5.74, 6) is -3.71. The van der Waals surface area contributed by atoms with Gasteiger partial charge in [-0.15, -0.1) is 11.3 Å². The van der Waals surface area contributed by atoms with Crippen molar-refractivity contribution in [3.8, 4) is 0 Å². The van der Waals surface area contributed by atoms with Gasteiger partial charge in [0.1, 0.15) is 0 Å². The Morgan fingerprint density at radius 1 is 1.50 bits per heavy atom. The highest BCUT2D eigenvalue weighted by Crippen LogP contribution is 2.31. The molecule has 0 aliphatic carbocycles. The Balaban J connectivity index is 2.41. The predicted octanol–water partition coefficient (Wildman–Crippen LogP) is 2.29. The van der Waals surface area contributed by atoms with Crippen molar-refractivity contribution in [1.29, 1.82) is 0 Å². The van der Waals surface area contributed by atoms with Crippen LogP contribution < -0.4 is 5.32 Å². The number of thiazole rings is 1. The summed E-state index contributed by atoms with van der Waals surface area (Å²) in [6, 6.07) is 0. The van der Waals surface area contributed by atoms with Gasteiger partial charge in [-0.2, -0.15) is 8.78 Å². The van der Waals surface area contributed by atoms with E-state index in [2.05, 4.69) is 10.3 Å². The number of rotatable bonds is 8. The van der Waals surface area contributed by atoms with Crippen LogP contribution in [0.15, 0.2) is 4.34 Å². The molecule has 2 N–H and O–H groups in total. The summed E-state index contributed by atoms with van der Waals surface area (Å²) in [5.41, 5.74) is 0.568. The molecule has 0 radical (unpaired) electrons. The summed E-state index contributed by atoms with van der Waals surface area (Å²) in [4.78, 5) is 26.5. The maximum Gasteiger partial charge on any atom is 0.303 e. The monoisotopic (exact) mass is 324 g/mol. The third kappa shape index (κ3) is 6.29. The average molecular weight is 324 g/mol. The summed E-state index contributed by atoms with van der Waals surface area (Å²) in [7, 11) is 0. The van der Waals surface area contributed by atoms with Crippen LogP contribution in [0.4, 0.5) is 8.78 Å². The van der Waals surface area contributed by atoms with Crippen LogP contribution in [-0.4, -0.2) is 34.3 Å². The summed E-state index contributed by atoms with van der Waals surface area (Å²) in [6.07, 6.45) is 0.421. The molecule has 0 saturated carbocycles. The molecule has 0 fully saturated rings. The second-order valence-corrected chi connectivity index (χ2v) is 6.21. The van der Waals surface area contributed by atoms with Gasteiger partial charge in [0, 0.05) is 17.8 Å². The Kier molecular flexibility index (Phi) is 6.86. The van der Waals surface area contributed by atoms with E-state index in [1.54, 1.807) is 6.92 Å². The molecule has 1 aromatic heterocycles. The lowest BCUT2D eigenvalue weighted by atomic mass is 10.2. The third-order valence-electron chi connectivity index (χ3n) is 2.27. The standard InChI is InChI=1S/C11H14F2N2O3S2/c1-6-7(19-11(15-6)20-10(12)13)5-8(16)14-4-2-3-9(17)18/h10H,2-5H2,1H3,(H,14,16)(H,17,18). The first-order valence-corrected chi connectivity index (χ1v) is 7.47. The number of thioether (sulfide) groups is 1. The number of carbonyl (C=O) groups is 2. The van der Waals surface area contributed by atoms with E-state index in [0.717, 1.165) is 11.3 Å². The number of carboxylic acids is 1. The minimum atomic E-state index is -2.53. The van der Waals surface area contributed by atoms with E-state index in [1.165, 1.54) is 0 Å². The highest BCUT2D eigenvalue weighted by atomic mass is 32.2. The van der Waals surface area contributed by atoms with Crippen molar-refractivity contribution in [2.45, 2.75) is 36.3 Å². The zero-order valence-electron chi connectivity index (χ0n) is 10.7. The van der Waals surface area contributed by atoms with Gasteiger partial charge in [0.15, 0.2) is 4.34 Å². The lowest BCUT2D eigenvalue weighted by Gasteiger charge is -2.03. The number of halogens is 2. The van der Waals surface area contributed by atoms with Crippen molar-refractivity contribution in [2.75, 3.05) is 6.54 Å². The topological polar surface area (TPSA) is 79.3 Å². The van der Waals surface area contributed by atoms with Gasteiger partial charge in [0.2, 0.25) is 5.91 Å². The predicted molar refractivity (Wildman–Crippen MR) is 72.3 cm³/mol. The van der Waals surface area contributed by atoms with Gasteiger partial charge in [-0.3, -0.25) is 9.59 Å². The molecular weight excluding hydrogens is 310 g/mol. The lowest BCUT2D eigenvalue weighted by Crippen LogP contribution is -2.26. The molecule has 20 heavy (non-hydrogen) atoms. The second kappa shape index (κ2) is 8.15. The van der Waals surface area contributed by atoms with E-state index < -0.39 is 11.7 Å².